The maximum Gasteiger partial charge on any atom is 0.195 e. The molecule has 0 aliphatic carbocycles. The summed E-state index contributed by atoms with van der Waals surface area (Å²) >= 11 is 0. The first-order valence-electron chi connectivity index (χ1n) is 6.44. The van der Waals surface area contributed by atoms with Gasteiger partial charge in [0.1, 0.15) is 0 Å². The van der Waals surface area contributed by atoms with Crippen LogP contribution in [0.25, 0.3) is 0 Å². The molecule has 1 rings (SSSR count). The van der Waals surface area contributed by atoms with E-state index in [2.05, 4.69) is 23.6 Å². The minimum absolute atomic E-state index is 0.379. The predicted molar refractivity (Wildman–Crippen MR) is 72.4 cm³/mol. The van der Waals surface area contributed by atoms with Crippen molar-refractivity contribution in [3.8, 4) is 0 Å². The van der Waals surface area contributed by atoms with Crippen LogP contribution in [0.15, 0.2) is 4.99 Å². The van der Waals surface area contributed by atoms with Gasteiger partial charge in [0.25, 0.3) is 0 Å². The second kappa shape index (κ2) is 6.24. The first-order valence-corrected chi connectivity index (χ1v) is 6.44. The van der Waals surface area contributed by atoms with Crippen molar-refractivity contribution in [2.75, 3.05) is 41.3 Å². The van der Waals surface area contributed by atoms with E-state index >= 15 is 0 Å². The van der Waals surface area contributed by atoms with Crippen LogP contribution in [-0.2, 0) is 4.74 Å². The molecule has 1 fully saturated rings. The van der Waals surface area contributed by atoms with Crippen LogP contribution < -0.4 is 0 Å². The average molecular weight is 241 g/mol. The summed E-state index contributed by atoms with van der Waals surface area (Å²) in [5.74, 6) is 2.18. The third-order valence-corrected chi connectivity index (χ3v) is 3.19. The molecular weight excluding hydrogens is 214 g/mol. The molecule has 0 aromatic carbocycles. The van der Waals surface area contributed by atoms with E-state index in [4.69, 9.17) is 9.73 Å². The molecule has 4 nitrogen and oxygen atoms in total. The summed E-state index contributed by atoms with van der Waals surface area (Å²) in [7, 11) is 8.13. The maximum atomic E-state index is 5.78. The second-order valence-corrected chi connectivity index (χ2v) is 5.56. The van der Waals surface area contributed by atoms with Crippen molar-refractivity contribution < 1.29 is 4.74 Å². The van der Waals surface area contributed by atoms with Crippen molar-refractivity contribution >= 4 is 5.96 Å². The minimum atomic E-state index is 0.379. The van der Waals surface area contributed by atoms with E-state index in [9.17, 15) is 0 Å². The van der Waals surface area contributed by atoms with Gasteiger partial charge in [-0.25, -0.2) is 0 Å². The molecule has 0 saturated carbocycles. The van der Waals surface area contributed by atoms with Crippen molar-refractivity contribution in [3.63, 3.8) is 0 Å². The largest absolute Gasteiger partial charge is 0.378 e. The first kappa shape index (κ1) is 14.3. The van der Waals surface area contributed by atoms with E-state index in [-0.39, 0.29) is 0 Å². The first-order chi connectivity index (χ1) is 7.93. The smallest absolute Gasteiger partial charge is 0.195 e. The van der Waals surface area contributed by atoms with E-state index in [0.29, 0.717) is 17.9 Å². The van der Waals surface area contributed by atoms with Crippen molar-refractivity contribution in [1.82, 2.24) is 9.80 Å². The Bertz CT molecular complexity index is 251. The van der Waals surface area contributed by atoms with E-state index in [0.717, 1.165) is 25.5 Å². The molecule has 1 aliphatic rings. The zero-order valence-corrected chi connectivity index (χ0v) is 12.1. The summed E-state index contributed by atoms with van der Waals surface area (Å²) in [4.78, 5) is 8.84. The minimum Gasteiger partial charge on any atom is -0.378 e. The summed E-state index contributed by atoms with van der Waals surface area (Å²) in [6.45, 7) is 6.22. The monoisotopic (exact) mass is 241 g/mol. The Morgan fingerprint density at radius 1 is 1.24 bits per heavy atom. The van der Waals surface area contributed by atoms with Crippen molar-refractivity contribution in [3.05, 3.63) is 0 Å². The number of hydrogen-bond acceptors (Lipinski definition) is 2. The molecular formula is C13H27N3O. The summed E-state index contributed by atoms with van der Waals surface area (Å²) < 4.78 is 5.78. The zero-order chi connectivity index (χ0) is 13.0. The van der Waals surface area contributed by atoms with Gasteiger partial charge < -0.3 is 14.5 Å². The van der Waals surface area contributed by atoms with Gasteiger partial charge in [0.2, 0.25) is 0 Å². The Kier molecular flexibility index (Phi) is 5.25. The molecule has 2 atom stereocenters. The molecule has 1 aliphatic heterocycles. The van der Waals surface area contributed by atoms with Crippen molar-refractivity contribution in [2.24, 2.45) is 16.8 Å². The van der Waals surface area contributed by atoms with Crippen LogP contribution in [0.4, 0.5) is 0 Å². The quantitative estimate of drug-likeness (QED) is 0.554. The molecule has 0 N–H and O–H groups in total. The van der Waals surface area contributed by atoms with Gasteiger partial charge in [-0.15, -0.1) is 0 Å². The van der Waals surface area contributed by atoms with Crippen molar-refractivity contribution in [1.29, 1.82) is 0 Å². The Balaban J connectivity index is 2.61. The van der Waals surface area contributed by atoms with Gasteiger partial charge in [0.15, 0.2) is 5.96 Å². The summed E-state index contributed by atoms with van der Waals surface area (Å²) in [6, 6.07) is 0. The molecule has 0 radical (unpaired) electrons. The second-order valence-electron chi connectivity index (χ2n) is 5.56. The third kappa shape index (κ3) is 3.87. The van der Waals surface area contributed by atoms with E-state index in [1.165, 1.54) is 0 Å². The standard InChI is InChI=1S/C13H27N3O/c1-10(2)12-11(7-8-17-12)9-14-13(15(3)4)16(5)6/h10-12H,7-9H2,1-6H3. The van der Waals surface area contributed by atoms with Gasteiger partial charge in [-0.3, -0.25) is 4.99 Å². The highest BCUT2D eigenvalue weighted by Gasteiger charge is 2.30. The molecule has 100 valence electrons. The van der Waals surface area contributed by atoms with E-state index < -0.39 is 0 Å². The molecule has 2 unspecified atom stereocenters. The summed E-state index contributed by atoms with van der Waals surface area (Å²) in [5.41, 5.74) is 0. The molecule has 0 aromatic heterocycles. The predicted octanol–water partition coefficient (Wildman–Crippen LogP) is 1.53. The van der Waals surface area contributed by atoms with Crippen LogP contribution in [0.3, 0.4) is 0 Å². The Morgan fingerprint density at radius 3 is 2.29 bits per heavy atom. The Hall–Kier alpha value is -0.770. The van der Waals surface area contributed by atoms with Gasteiger partial charge >= 0.3 is 0 Å². The van der Waals surface area contributed by atoms with Crippen LogP contribution in [-0.4, -0.2) is 63.2 Å². The number of rotatable bonds is 3. The third-order valence-electron chi connectivity index (χ3n) is 3.19. The molecule has 4 heteroatoms. The van der Waals surface area contributed by atoms with Gasteiger partial charge in [-0.05, 0) is 12.3 Å². The van der Waals surface area contributed by atoms with E-state index in [1.807, 2.05) is 28.2 Å². The van der Waals surface area contributed by atoms with Crippen LogP contribution in [0.5, 0.6) is 0 Å². The fourth-order valence-corrected chi connectivity index (χ4v) is 2.47. The number of aliphatic imine (C=N–C) groups is 1. The SMILES string of the molecule is CC(C)C1OCCC1CN=C(N(C)C)N(C)C. The molecule has 0 amide bonds. The normalized spacial score (nSPS) is 23.9. The van der Waals surface area contributed by atoms with E-state index in [1.54, 1.807) is 0 Å². The lowest BCUT2D eigenvalue weighted by atomic mass is 9.93. The average Bonchev–Trinajstić information content (AvgIpc) is 2.64. The van der Waals surface area contributed by atoms with Crippen molar-refractivity contribution in [2.45, 2.75) is 26.4 Å². The van der Waals surface area contributed by atoms with Gasteiger partial charge in [-0.2, -0.15) is 0 Å². The molecule has 0 spiro atoms. The highest BCUT2D eigenvalue weighted by Crippen LogP contribution is 2.26. The number of ether oxygens (including phenoxy) is 1. The number of hydrogen-bond donors (Lipinski definition) is 0. The van der Waals surface area contributed by atoms with Gasteiger partial charge in [0.05, 0.1) is 6.10 Å². The summed E-state index contributed by atoms with van der Waals surface area (Å²) in [5, 5.41) is 0. The maximum absolute atomic E-state index is 5.78. The lowest BCUT2D eigenvalue weighted by molar-refractivity contribution is 0.0558. The molecule has 1 saturated heterocycles. The highest BCUT2D eigenvalue weighted by atomic mass is 16.5. The number of nitrogens with zero attached hydrogens (tertiary/aromatic N) is 3. The molecule has 0 aromatic rings. The van der Waals surface area contributed by atoms with Crippen LogP contribution in [0.2, 0.25) is 0 Å². The fourth-order valence-electron chi connectivity index (χ4n) is 2.47. The van der Waals surface area contributed by atoms with Crippen LogP contribution in [0.1, 0.15) is 20.3 Å². The number of guanidine groups is 1. The summed E-state index contributed by atoms with van der Waals surface area (Å²) in [6.07, 6.45) is 1.52. The van der Waals surface area contributed by atoms with Crippen LogP contribution in [0, 0.1) is 11.8 Å². The molecule has 1 heterocycles. The Morgan fingerprint density at radius 2 is 1.82 bits per heavy atom. The highest BCUT2D eigenvalue weighted by molar-refractivity contribution is 5.79. The molecule has 0 bridgehead atoms. The zero-order valence-electron chi connectivity index (χ0n) is 12.1. The lowest BCUT2D eigenvalue weighted by Gasteiger charge is -2.25. The topological polar surface area (TPSA) is 28.1 Å². The Labute approximate surface area is 106 Å². The molecule has 17 heavy (non-hydrogen) atoms. The van der Waals surface area contributed by atoms with Crippen LogP contribution >= 0.6 is 0 Å². The fraction of sp³-hybridized carbons (Fsp3) is 0.923. The lowest BCUT2D eigenvalue weighted by Crippen LogP contribution is -2.36. The van der Waals surface area contributed by atoms with Gasteiger partial charge in [0, 0.05) is 47.3 Å². The van der Waals surface area contributed by atoms with Gasteiger partial charge in [-0.1, -0.05) is 13.8 Å².